The highest BCUT2D eigenvalue weighted by atomic mass is 16.3. The number of fused-ring (bicyclic) bond motifs is 2. The van der Waals surface area contributed by atoms with Crippen LogP contribution in [0.1, 0.15) is 13.0 Å². The van der Waals surface area contributed by atoms with Gasteiger partial charge in [-0.05, 0) is 46.2 Å². The van der Waals surface area contributed by atoms with E-state index >= 15 is 0 Å². The van der Waals surface area contributed by atoms with Crippen LogP contribution in [0.15, 0.2) is 60.9 Å². The minimum absolute atomic E-state index is 0.114. The average Bonchev–Trinajstić information content (AvgIpc) is 3.02. The largest absolute Gasteiger partial charge is 0.508 e. The number of carbonyl (C=O) groups excluding carboxylic acids is 1. The van der Waals surface area contributed by atoms with Crippen molar-refractivity contribution in [1.29, 1.82) is 0 Å². The summed E-state index contributed by atoms with van der Waals surface area (Å²) < 4.78 is 2.16. The minimum atomic E-state index is 0.114. The van der Waals surface area contributed by atoms with E-state index in [0.29, 0.717) is 0 Å². The number of hydrogen-bond acceptors (Lipinski definition) is 3. The van der Waals surface area contributed by atoms with Gasteiger partial charge in [0.1, 0.15) is 5.75 Å². The van der Waals surface area contributed by atoms with Crippen molar-refractivity contribution in [2.24, 2.45) is 0 Å². The lowest BCUT2D eigenvalue weighted by molar-refractivity contribution is -0.134. The Kier molecular flexibility index (Phi) is 3.44. The molecule has 5 heteroatoms. The summed E-state index contributed by atoms with van der Waals surface area (Å²) >= 11 is 0. The quantitative estimate of drug-likeness (QED) is 0.591. The molecule has 0 aliphatic carbocycles. The Balaban J connectivity index is 1.62. The van der Waals surface area contributed by atoms with Gasteiger partial charge >= 0.3 is 0 Å². The highest BCUT2D eigenvalue weighted by Gasteiger charge is 2.30. The summed E-state index contributed by atoms with van der Waals surface area (Å²) in [7, 11) is 0. The Bertz CT molecular complexity index is 1190. The van der Waals surface area contributed by atoms with E-state index in [4.69, 9.17) is 0 Å². The van der Waals surface area contributed by atoms with Crippen LogP contribution in [0.3, 0.4) is 0 Å². The minimum Gasteiger partial charge on any atom is -0.508 e. The van der Waals surface area contributed by atoms with Crippen LogP contribution in [0.2, 0.25) is 0 Å². The molecule has 5 nitrogen and oxygen atoms in total. The number of hydrogen-bond donors (Lipinski definition) is 1. The Hall–Kier alpha value is -3.34. The van der Waals surface area contributed by atoms with E-state index in [-0.39, 0.29) is 17.7 Å². The summed E-state index contributed by atoms with van der Waals surface area (Å²) in [6, 6.07) is 18.1. The number of phenolic OH excluding ortho intramolecular Hbond substituents is 1. The molecule has 1 fully saturated rings. The monoisotopic (exact) mass is 357 g/mol. The molecule has 4 aromatic rings. The van der Waals surface area contributed by atoms with Gasteiger partial charge in [-0.1, -0.05) is 30.3 Å². The van der Waals surface area contributed by atoms with Gasteiger partial charge in [0.2, 0.25) is 5.91 Å². The van der Waals surface area contributed by atoms with E-state index in [2.05, 4.69) is 21.7 Å². The molecule has 1 aromatic heterocycles. The molecule has 134 valence electrons. The second-order valence-electron chi connectivity index (χ2n) is 7.15. The zero-order valence-electron chi connectivity index (χ0n) is 15.0. The maximum Gasteiger partial charge on any atom is 0.219 e. The van der Waals surface area contributed by atoms with Gasteiger partial charge in [0.05, 0.1) is 23.4 Å². The van der Waals surface area contributed by atoms with Gasteiger partial charge in [0, 0.05) is 20.0 Å². The highest BCUT2D eigenvalue weighted by Crippen LogP contribution is 2.35. The Morgan fingerprint density at radius 2 is 1.93 bits per heavy atom. The van der Waals surface area contributed by atoms with Crippen molar-refractivity contribution in [3.05, 3.63) is 60.9 Å². The summed E-state index contributed by atoms with van der Waals surface area (Å²) in [5.41, 5.74) is 4.02. The smallest absolute Gasteiger partial charge is 0.219 e. The first-order valence-corrected chi connectivity index (χ1v) is 9.04. The van der Waals surface area contributed by atoms with Crippen molar-refractivity contribution in [3.63, 3.8) is 0 Å². The predicted molar refractivity (Wildman–Crippen MR) is 106 cm³/mol. The van der Waals surface area contributed by atoms with Crippen molar-refractivity contribution < 1.29 is 9.90 Å². The van der Waals surface area contributed by atoms with Gasteiger partial charge in [-0.3, -0.25) is 4.79 Å². The highest BCUT2D eigenvalue weighted by molar-refractivity contribution is 5.99. The first kappa shape index (κ1) is 15.9. The molecule has 1 N–H and O–H groups in total. The van der Waals surface area contributed by atoms with Crippen LogP contribution in [0.25, 0.3) is 32.9 Å². The van der Waals surface area contributed by atoms with Gasteiger partial charge in [0.15, 0.2) is 0 Å². The summed E-state index contributed by atoms with van der Waals surface area (Å²) in [5, 5.41) is 12.3. The maximum absolute atomic E-state index is 11.5. The lowest BCUT2D eigenvalue weighted by Crippen LogP contribution is -2.49. The predicted octanol–water partition coefficient (Wildman–Crippen LogP) is 3.97. The molecule has 27 heavy (non-hydrogen) atoms. The third-order valence-electron chi connectivity index (χ3n) is 5.43. The Morgan fingerprint density at radius 3 is 2.74 bits per heavy atom. The summed E-state index contributed by atoms with van der Waals surface area (Å²) in [4.78, 5) is 17.8. The standard InChI is InChI=1S/C22H19N3O2/c1-14(26)24-11-17(12-24)25-13-23-21-7-6-16(9-22(21)25)20-10-18(27)8-15-4-2-3-5-19(15)20/h2-10,13,17,27H,11-12H2,1H3. The molecule has 2 heterocycles. The number of benzene rings is 3. The molecular formula is C22H19N3O2. The van der Waals surface area contributed by atoms with E-state index in [1.165, 1.54) is 0 Å². The number of nitrogens with zero attached hydrogens (tertiary/aromatic N) is 3. The van der Waals surface area contributed by atoms with Crippen molar-refractivity contribution >= 4 is 27.7 Å². The van der Waals surface area contributed by atoms with Crippen LogP contribution < -0.4 is 0 Å². The van der Waals surface area contributed by atoms with Crippen LogP contribution >= 0.6 is 0 Å². The van der Waals surface area contributed by atoms with Crippen LogP contribution in [-0.4, -0.2) is 38.6 Å². The summed E-state index contributed by atoms with van der Waals surface area (Å²) in [6.45, 7) is 3.05. The molecule has 0 bridgehead atoms. The molecule has 5 rings (SSSR count). The van der Waals surface area contributed by atoms with Crippen molar-refractivity contribution in [2.45, 2.75) is 13.0 Å². The van der Waals surface area contributed by atoms with Crippen LogP contribution in [0.5, 0.6) is 5.75 Å². The molecule has 1 aliphatic rings. The van der Waals surface area contributed by atoms with Gasteiger partial charge in [-0.2, -0.15) is 0 Å². The SMILES string of the molecule is CC(=O)N1CC(n2cnc3ccc(-c4cc(O)cc5ccccc45)cc32)C1. The van der Waals surface area contributed by atoms with Gasteiger partial charge in [-0.15, -0.1) is 0 Å². The number of likely N-dealkylation sites (tertiary alicyclic amines) is 1. The Morgan fingerprint density at radius 1 is 1.11 bits per heavy atom. The molecular weight excluding hydrogens is 338 g/mol. The number of aromatic hydroxyl groups is 1. The van der Waals surface area contributed by atoms with Gasteiger partial charge in [-0.25, -0.2) is 4.98 Å². The second-order valence-corrected chi connectivity index (χ2v) is 7.15. The van der Waals surface area contributed by atoms with E-state index in [1.54, 1.807) is 13.0 Å². The number of phenols is 1. The fourth-order valence-electron chi connectivity index (χ4n) is 3.91. The molecule has 0 atom stereocenters. The number of amides is 1. The number of carbonyl (C=O) groups is 1. The van der Waals surface area contributed by atoms with Crippen LogP contribution in [0.4, 0.5) is 0 Å². The van der Waals surface area contributed by atoms with Gasteiger partial charge in [0.25, 0.3) is 0 Å². The molecule has 0 saturated carbocycles. The second kappa shape index (κ2) is 5.84. The molecule has 1 aliphatic heterocycles. The van der Waals surface area contributed by atoms with Crippen molar-refractivity contribution in [1.82, 2.24) is 14.5 Å². The third kappa shape index (κ3) is 2.54. The van der Waals surface area contributed by atoms with Crippen LogP contribution in [0, 0.1) is 0 Å². The molecule has 1 saturated heterocycles. The third-order valence-corrected chi connectivity index (χ3v) is 5.43. The zero-order chi connectivity index (χ0) is 18.5. The lowest BCUT2D eigenvalue weighted by Gasteiger charge is -2.39. The summed E-state index contributed by atoms with van der Waals surface area (Å²) in [5.74, 6) is 0.371. The normalized spacial score (nSPS) is 14.6. The molecule has 0 radical (unpaired) electrons. The summed E-state index contributed by atoms with van der Waals surface area (Å²) in [6.07, 6.45) is 1.86. The zero-order valence-corrected chi connectivity index (χ0v) is 15.0. The first-order valence-electron chi connectivity index (χ1n) is 9.04. The number of imidazole rings is 1. The average molecular weight is 357 g/mol. The topological polar surface area (TPSA) is 58.4 Å². The van der Waals surface area contributed by atoms with E-state index in [1.807, 2.05) is 47.6 Å². The number of aromatic nitrogens is 2. The first-order chi connectivity index (χ1) is 13.1. The maximum atomic E-state index is 11.5. The number of rotatable bonds is 2. The van der Waals surface area contributed by atoms with E-state index in [9.17, 15) is 9.90 Å². The van der Waals surface area contributed by atoms with Crippen LogP contribution in [-0.2, 0) is 4.79 Å². The molecule has 1 amide bonds. The van der Waals surface area contributed by atoms with Crippen molar-refractivity contribution in [3.8, 4) is 16.9 Å². The van der Waals surface area contributed by atoms with E-state index < -0.39 is 0 Å². The van der Waals surface area contributed by atoms with E-state index in [0.717, 1.165) is 46.0 Å². The Labute approximate surface area is 156 Å². The fourth-order valence-corrected chi connectivity index (χ4v) is 3.91. The molecule has 3 aromatic carbocycles. The lowest BCUT2D eigenvalue weighted by atomic mass is 9.97. The van der Waals surface area contributed by atoms with Gasteiger partial charge < -0.3 is 14.6 Å². The fraction of sp³-hybridized carbons (Fsp3) is 0.182. The van der Waals surface area contributed by atoms with Crippen molar-refractivity contribution in [2.75, 3.05) is 13.1 Å². The molecule has 0 unspecified atom stereocenters. The molecule has 0 spiro atoms.